The summed E-state index contributed by atoms with van der Waals surface area (Å²) in [5, 5.41) is 0.779. The number of rotatable bonds is 9. The molecule has 0 spiro atoms. The van der Waals surface area contributed by atoms with Crippen molar-refractivity contribution >= 4 is 26.0 Å². The smallest absolute Gasteiger partial charge is 0.215 e. The molecule has 0 aromatic carbocycles. The lowest BCUT2D eigenvalue weighted by molar-refractivity contribution is -0.134. The van der Waals surface area contributed by atoms with Gasteiger partial charge in [0, 0.05) is 18.3 Å². The van der Waals surface area contributed by atoms with E-state index in [1.54, 1.807) is 0 Å². The highest BCUT2D eigenvalue weighted by molar-refractivity contribution is 9.09. The van der Waals surface area contributed by atoms with Crippen molar-refractivity contribution in [3.63, 3.8) is 0 Å². The van der Waals surface area contributed by atoms with E-state index in [0.29, 0.717) is 0 Å². The fraction of sp³-hybridized carbons (Fsp3) is 1.00. The van der Waals surface area contributed by atoms with Crippen molar-refractivity contribution in [3.8, 4) is 0 Å². The molecule has 0 rings (SSSR count). The van der Waals surface area contributed by atoms with Crippen LogP contribution in [-0.2, 0) is 10.0 Å². The number of halogens is 4. The van der Waals surface area contributed by atoms with Gasteiger partial charge in [-0.05, 0) is 18.8 Å². The molecular weight excluding hydrogens is 335 g/mol. The first-order chi connectivity index (χ1) is 8.20. The van der Waals surface area contributed by atoms with E-state index in [0.717, 1.165) is 18.2 Å². The summed E-state index contributed by atoms with van der Waals surface area (Å²) in [4.78, 5) is 0. The highest BCUT2D eigenvalue weighted by Gasteiger charge is 2.27. The fourth-order valence-electron chi connectivity index (χ4n) is 1.38. The molecule has 110 valence electrons. The van der Waals surface area contributed by atoms with Gasteiger partial charge in [-0.1, -0.05) is 29.3 Å². The first kappa shape index (κ1) is 18.2. The Bertz CT molecular complexity index is 320. The molecule has 0 aliphatic carbocycles. The molecule has 0 saturated carbocycles. The van der Waals surface area contributed by atoms with E-state index in [1.165, 1.54) is 0 Å². The Hall–Kier alpha value is 0.180. The van der Waals surface area contributed by atoms with Crippen LogP contribution in [0.4, 0.5) is 13.2 Å². The van der Waals surface area contributed by atoms with Crippen molar-refractivity contribution in [2.24, 2.45) is 5.92 Å². The Kier molecular flexibility index (Phi) is 8.45. The lowest BCUT2D eigenvalue weighted by Crippen LogP contribution is -2.31. The second-order valence-corrected chi connectivity index (χ2v) is 6.86. The summed E-state index contributed by atoms with van der Waals surface area (Å²) >= 11 is 3.27. The van der Waals surface area contributed by atoms with Gasteiger partial charge in [0.25, 0.3) is 0 Å². The van der Waals surface area contributed by atoms with Crippen LogP contribution in [-0.4, -0.2) is 32.2 Å². The number of hydrogen-bond acceptors (Lipinski definition) is 2. The van der Waals surface area contributed by atoms with Crippen molar-refractivity contribution in [1.82, 2.24) is 4.72 Å². The zero-order chi connectivity index (χ0) is 14.2. The molecule has 3 nitrogen and oxygen atoms in total. The first-order valence-corrected chi connectivity index (χ1v) is 8.57. The quantitative estimate of drug-likeness (QED) is 0.647. The minimum atomic E-state index is -4.29. The summed E-state index contributed by atoms with van der Waals surface area (Å²) in [6.45, 7) is 2.24. The van der Waals surface area contributed by atoms with Gasteiger partial charge in [0.15, 0.2) is 0 Å². The van der Waals surface area contributed by atoms with Crippen molar-refractivity contribution in [2.75, 3.05) is 17.6 Å². The molecule has 0 bridgehead atoms. The summed E-state index contributed by atoms with van der Waals surface area (Å²) in [5.74, 6) is -0.265. The predicted octanol–water partition coefficient (Wildman–Crippen LogP) is 3.06. The van der Waals surface area contributed by atoms with Crippen LogP contribution in [0.3, 0.4) is 0 Å². The maximum absolute atomic E-state index is 11.9. The zero-order valence-corrected chi connectivity index (χ0v) is 12.7. The first-order valence-electron chi connectivity index (χ1n) is 5.80. The Balaban J connectivity index is 4.00. The van der Waals surface area contributed by atoms with E-state index in [-0.39, 0.29) is 12.5 Å². The summed E-state index contributed by atoms with van der Waals surface area (Å²) in [6, 6.07) is 0. The lowest BCUT2D eigenvalue weighted by atomic mass is 10.0. The summed E-state index contributed by atoms with van der Waals surface area (Å²) in [7, 11) is -3.59. The van der Waals surface area contributed by atoms with E-state index in [4.69, 9.17) is 0 Å². The maximum atomic E-state index is 11.9. The van der Waals surface area contributed by atoms with Gasteiger partial charge in [-0.3, -0.25) is 0 Å². The summed E-state index contributed by atoms with van der Waals surface area (Å²) < 4.78 is 60.9. The monoisotopic (exact) mass is 353 g/mol. The number of hydrogen-bond donors (Lipinski definition) is 1. The second kappa shape index (κ2) is 8.37. The van der Waals surface area contributed by atoms with Gasteiger partial charge in [0.1, 0.15) is 0 Å². The van der Waals surface area contributed by atoms with Crippen LogP contribution in [0.1, 0.15) is 32.6 Å². The molecule has 0 aliphatic rings. The van der Waals surface area contributed by atoms with Crippen LogP contribution in [0.2, 0.25) is 0 Å². The fourth-order valence-corrected chi connectivity index (χ4v) is 3.19. The summed E-state index contributed by atoms with van der Waals surface area (Å²) in [5.41, 5.74) is 0. The van der Waals surface area contributed by atoms with Gasteiger partial charge in [0.05, 0.1) is 5.75 Å². The molecule has 8 heteroatoms. The van der Waals surface area contributed by atoms with Gasteiger partial charge in [-0.2, -0.15) is 13.2 Å². The van der Waals surface area contributed by atoms with E-state index in [1.807, 2.05) is 6.92 Å². The Morgan fingerprint density at radius 1 is 1.33 bits per heavy atom. The van der Waals surface area contributed by atoms with E-state index in [2.05, 4.69) is 20.7 Å². The topological polar surface area (TPSA) is 46.2 Å². The van der Waals surface area contributed by atoms with Gasteiger partial charge in [-0.15, -0.1) is 0 Å². The van der Waals surface area contributed by atoms with Crippen molar-refractivity contribution in [1.29, 1.82) is 0 Å². The lowest BCUT2D eigenvalue weighted by Gasteiger charge is -2.14. The number of sulfonamides is 1. The van der Waals surface area contributed by atoms with Gasteiger partial charge >= 0.3 is 6.18 Å². The van der Waals surface area contributed by atoms with Crippen molar-refractivity contribution < 1.29 is 21.6 Å². The molecule has 0 radical (unpaired) electrons. The molecule has 0 amide bonds. The summed E-state index contributed by atoms with van der Waals surface area (Å²) in [6.07, 6.45) is -4.09. The Morgan fingerprint density at radius 2 is 1.94 bits per heavy atom. The third kappa shape index (κ3) is 10.1. The standard InChI is InChI=1S/C10H19BrF3NO2S/c1-2-9(4-6-11)8-15-18(16,17)7-3-5-10(12,13)14/h9,15H,2-8H2,1H3. The molecule has 0 saturated heterocycles. The highest BCUT2D eigenvalue weighted by Crippen LogP contribution is 2.21. The Labute approximate surface area is 115 Å². The predicted molar refractivity (Wildman–Crippen MR) is 69.3 cm³/mol. The third-order valence-electron chi connectivity index (χ3n) is 2.56. The Morgan fingerprint density at radius 3 is 2.39 bits per heavy atom. The van der Waals surface area contributed by atoms with E-state index >= 15 is 0 Å². The van der Waals surface area contributed by atoms with Crippen LogP contribution >= 0.6 is 15.9 Å². The van der Waals surface area contributed by atoms with Crippen LogP contribution in [0.15, 0.2) is 0 Å². The third-order valence-corrected chi connectivity index (χ3v) is 4.45. The number of alkyl halides is 4. The highest BCUT2D eigenvalue weighted by atomic mass is 79.9. The molecule has 1 atom stereocenters. The molecule has 0 heterocycles. The van der Waals surface area contributed by atoms with Crippen LogP contribution < -0.4 is 4.72 Å². The SMILES string of the molecule is CCC(CCBr)CNS(=O)(=O)CCCC(F)(F)F. The molecule has 18 heavy (non-hydrogen) atoms. The molecule has 0 aromatic rings. The van der Waals surface area contributed by atoms with Gasteiger partial charge < -0.3 is 0 Å². The number of nitrogens with one attached hydrogen (secondary N) is 1. The largest absolute Gasteiger partial charge is 0.389 e. The molecule has 1 unspecified atom stereocenters. The minimum absolute atomic E-state index is 0.210. The molecular formula is C10H19BrF3NO2S. The van der Waals surface area contributed by atoms with Gasteiger partial charge in [-0.25, -0.2) is 13.1 Å². The minimum Gasteiger partial charge on any atom is -0.215 e. The zero-order valence-electron chi connectivity index (χ0n) is 10.3. The van der Waals surface area contributed by atoms with E-state index < -0.39 is 34.8 Å². The van der Waals surface area contributed by atoms with Crippen molar-refractivity contribution in [3.05, 3.63) is 0 Å². The second-order valence-electron chi connectivity index (χ2n) is 4.14. The van der Waals surface area contributed by atoms with E-state index in [9.17, 15) is 21.6 Å². The average Bonchev–Trinajstić information content (AvgIpc) is 2.22. The molecule has 0 aliphatic heterocycles. The average molecular weight is 354 g/mol. The van der Waals surface area contributed by atoms with Crippen LogP contribution in [0, 0.1) is 5.92 Å². The van der Waals surface area contributed by atoms with Gasteiger partial charge in [0.2, 0.25) is 10.0 Å². The normalized spacial score (nSPS) is 14.7. The molecule has 0 aromatic heterocycles. The molecule has 1 N–H and O–H groups in total. The maximum Gasteiger partial charge on any atom is 0.389 e. The van der Waals surface area contributed by atoms with Crippen LogP contribution in [0.25, 0.3) is 0 Å². The molecule has 0 fully saturated rings. The van der Waals surface area contributed by atoms with Crippen LogP contribution in [0.5, 0.6) is 0 Å². The van der Waals surface area contributed by atoms with Crippen molar-refractivity contribution in [2.45, 2.75) is 38.8 Å².